The molecule has 116 valence electrons. The summed E-state index contributed by atoms with van der Waals surface area (Å²) in [7, 11) is 0. The van der Waals surface area contributed by atoms with Gasteiger partial charge in [-0.1, -0.05) is 23.8 Å². The Bertz CT molecular complexity index is 798. The summed E-state index contributed by atoms with van der Waals surface area (Å²) in [6.07, 6.45) is -2.79. The third-order valence-electron chi connectivity index (χ3n) is 2.85. The molecule has 0 aliphatic heterocycles. The maximum absolute atomic E-state index is 12.8. The van der Waals surface area contributed by atoms with Gasteiger partial charge in [0.25, 0.3) is 0 Å². The van der Waals surface area contributed by atoms with E-state index >= 15 is 0 Å². The molecular weight excluding hydrogens is 319 g/mol. The van der Waals surface area contributed by atoms with Crippen LogP contribution in [0.5, 0.6) is 0 Å². The minimum atomic E-state index is -4.41. The molecule has 0 saturated carbocycles. The summed E-state index contributed by atoms with van der Waals surface area (Å²) in [6.45, 7) is 1.90. The van der Waals surface area contributed by atoms with Crippen molar-refractivity contribution in [3.63, 3.8) is 0 Å². The number of halogens is 3. The zero-order chi connectivity index (χ0) is 15.7. The normalized spacial score (nSPS) is 12.2. The molecule has 6 nitrogen and oxygen atoms in total. The first-order chi connectivity index (χ1) is 10.5. The molecule has 0 N–H and O–H groups in total. The summed E-state index contributed by atoms with van der Waals surface area (Å²) in [5.41, 5.74) is -0.414. The van der Waals surface area contributed by atoms with Gasteiger partial charge in [0.15, 0.2) is 16.6 Å². The predicted molar refractivity (Wildman–Crippen MR) is 71.2 cm³/mol. The van der Waals surface area contributed by atoms with E-state index in [9.17, 15) is 13.2 Å². The molecule has 3 heterocycles. The first kappa shape index (κ1) is 14.8. The Labute approximate surface area is 126 Å². The van der Waals surface area contributed by atoms with E-state index in [4.69, 9.17) is 4.52 Å². The van der Waals surface area contributed by atoms with Crippen LogP contribution >= 0.6 is 11.8 Å². The molecule has 0 aliphatic rings. The van der Waals surface area contributed by atoms with E-state index in [2.05, 4.69) is 20.3 Å². The Balaban J connectivity index is 1.84. The third kappa shape index (κ3) is 2.91. The average molecular weight is 329 g/mol. The Kier molecular flexibility index (Phi) is 3.77. The number of fused-ring (bicyclic) bond motifs is 1. The largest absolute Gasteiger partial charge is 0.417 e. The zero-order valence-electron chi connectivity index (χ0n) is 11.3. The topological polar surface area (TPSA) is 69.1 Å². The molecule has 0 aromatic carbocycles. The summed E-state index contributed by atoms with van der Waals surface area (Å²) in [4.78, 5) is 4.13. The standard InChI is InChI=1S/C12H10F3N5OS/c1-2-8-16-10(21-19-8)6-22-11-18-17-9-4-3-7(5-20(9)11)12(13,14)15/h3-5H,2,6H2,1H3. The van der Waals surface area contributed by atoms with Gasteiger partial charge in [0.2, 0.25) is 5.89 Å². The fourth-order valence-corrected chi connectivity index (χ4v) is 2.51. The van der Waals surface area contributed by atoms with Crippen LogP contribution in [0.1, 0.15) is 24.2 Å². The van der Waals surface area contributed by atoms with Crippen molar-refractivity contribution in [3.8, 4) is 0 Å². The first-order valence-electron chi connectivity index (χ1n) is 6.33. The molecule has 0 radical (unpaired) electrons. The number of rotatable bonds is 4. The van der Waals surface area contributed by atoms with Gasteiger partial charge < -0.3 is 4.52 Å². The monoisotopic (exact) mass is 329 g/mol. The van der Waals surface area contributed by atoms with Crippen molar-refractivity contribution in [2.45, 2.75) is 30.4 Å². The van der Waals surface area contributed by atoms with Crippen LogP contribution in [0.2, 0.25) is 0 Å². The van der Waals surface area contributed by atoms with Gasteiger partial charge in [-0.3, -0.25) is 4.40 Å². The van der Waals surface area contributed by atoms with Gasteiger partial charge in [-0.05, 0) is 12.1 Å². The van der Waals surface area contributed by atoms with Crippen LogP contribution in [0.3, 0.4) is 0 Å². The summed E-state index contributed by atoms with van der Waals surface area (Å²) in [5, 5.41) is 11.8. The number of hydrogen-bond donors (Lipinski definition) is 0. The Morgan fingerprint density at radius 3 is 2.77 bits per heavy atom. The molecule has 22 heavy (non-hydrogen) atoms. The minimum absolute atomic E-state index is 0.310. The molecule has 0 aliphatic carbocycles. The lowest BCUT2D eigenvalue weighted by Crippen LogP contribution is -2.06. The van der Waals surface area contributed by atoms with E-state index in [0.29, 0.717) is 34.7 Å². The first-order valence-corrected chi connectivity index (χ1v) is 7.32. The van der Waals surface area contributed by atoms with Gasteiger partial charge in [0.1, 0.15) is 0 Å². The molecule has 0 bridgehead atoms. The van der Waals surface area contributed by atoms with Crippen molar-refractivity contribution in [1.29, 1.82) is 0 Å². The number of aryl methyl sites for hydroxylation is 1. The van der Waals surface area contributed by atoms with E-state index in [1.165, 1.54) is 22.2 Å². The SMILES string of the molecule is CCc1noc(CSc2nnc3ccc(C(F)(F)F)cn23)n1. The van der Waals surface area contributed by atoms with Crippen LogP contribution in [-0.4, -0.2) is 24.7 Å². The van der Waals surface area contributed by atoms with Crippen LogP contribution in [0.15, 0.2) is 28.0 Å². The maximum atomic E-state index is 12.8. The number of nitrogens with zero attached hydrogens (tertiary/aromatic N) is 5. The van der Waals surface area contributed by atoms with Crippen LogP contribution < -0.4 is 0 Å². The highest BCUT2D eigenvalue weighted by molar-refractivity contribution is 7.98. The van der Waals surface area contributed by atoms with Crippen LogP contribution in [0.25, 0.3) is 5.65 Å². The Morgan fingerprint density at radius 2 is 2.09 bits per heavy atom. The van der Waals surface area contributed by atoms with E-state index in [-0.39, 0.29) is 0 Å². The summed E-state index contributed by atoms with van der Waals surface area (Å²) in [5.74, 6) is 1.29. The average Bonchev–Trinajstić information content (AvgIpc) is 3.10. The lowest BCUT2D eigenvalue weighted by Gasteiger charge is -2.06. The van der Waals surface area contributed by atoms with Gasteiger partial charge in [-0.2, -0.15) is 18.2 Å². The van der Waals surface area contributed by atoms with Crippen molar-refractivity contribution >= 4 is 17.4 Å². The lowest BCUT2D eigenvalue weighted by molar-refractivity contribution is -0.137. The highest BCUT2D eigenvalue weighted by atomic mass is 32.2. The van der Waals surface area contributed by atoms with Crippen molar-refractivity contribution < 1.29 is 17.7 Å². The fourth-order valence-electron chi connectivity index (χ4n) is 1.75. The fraction of sp³-hybridized carbons (Fsp3) is 0.333. The number of alkyl halides is 3. The number of pyridine rings is 1. The number of aromatic nitrogens is 5. The second-order valence-corrected chi connectivity index (χ2v) is 5.32. The summed E-state index contributed by atoms with van der Waals surface area (Å²) in [6, 6.07) is 2.26. The van der Waals surface area contributed by atoms with Gasteiger partial charge in [-0.25, -0.2) is 0 Å². The molecule has 0 atom stereocenters. The molecule has 0 fully saturated rings. The van der Waals surface area contributed by atoms with Crippen LogP contribution in [-0.2, 0) is 18.3 Å². The number of hydrogen-bond acceptors (Lipinski definition) is 6. The van der Waals surface area contributed by atoms with E-state index < -0.39 is 11.7 Å². The lowest BCUT2D eigenvalue weighted by atomic mass is 10.3. The van der Waals surface area contributed by atoms with Gasteiger partial charge in [-0.15, -0.1) is 10.2 Å². The Morgan fingerprint density at radius 1 is 1.27 bits per heavy atom. The zero-order valence-corrected chi connectivity index (χ0v) is 12.1. The van der Waals surface area contributed by atoms with Gasteiger partial charge in [0, 0.05) is 12.6 Å². The van der Waals surface area contributed by atoms with E-state index in [0.717, 1.165) is 12.3 Å². The molecule has 10 heteroatoms. The second-order valence-electron chi connectivity index (χ2n) is 4.37. The van der Waals surface area contributed by atoms with Crippen LogP contribution in [0, 0.1) is 0 Å². The quantitative estimate of drug-likeness (QED) is 0.686. The summed E-state index contributed by atoms with van der Waals surface area (Å²) >= 11 is 1.18. The Hall–Kier alpha value is -2.10. The second kappa shape index (κ2) is 5.59. The molecule has 0 amide bonds. The minimum Gasteiger partial charge on any atom is -0.338 e. The molecule has 0 spiro atoms. The molecule has 3 aromatic rings. The highest BCUT2D eigenvalue weighted by Gasteiger charge is 2.31. The van der Waals surface area contributed by atoms with E-state index in [1.54, 1.807) is 0 Å². The molecule has 3 rings (SSSR count). The van der Waals surface area contributed by atoms with E-state index in [1.807, 2.05) is 6.92 Å². The smallest absolute Gasteiger partial charge is 0.338 e. The highest BCUT2D eigenvalue weighted by Crippen LogP contribution is 2.30. The van der Waals surface area contributed by atoms with Gasteiger partial charge in [0.05, 0.1) is 11.3 Å². The van der Waals surface area contributed by atoms with Crippen LogP contribution in [0.4, 0.5) is 13.2 Å². The number of thioether (sulfide) groups is 1. The summed E-state index contributed by atoms with van der Waals surface area (Å²) < 4.78 is 44.6. The van der Waals surface area contributed by atoms with Crippen molar-refractivity contribution in [1.82, 2.24) is 24.7 Å². The molecule has 0 saturated heterocycles. The van der Waals surface area contributed by atoms with Crippen molar-refractivity contribution in [2.24, 2.45) is 0 Å². The van der Waals surface area contributed by atoms with Gasteiger partial charge >= 0.3 is 6.18 Å². The van der Waals surface area contributed by atoms with Crippen molar-refractivity contribution in [2.75, 3.05) is 0 Å². The third-order valence-corrected chi connectivity index (χ3v) is 3.78. The maximum Gasteiger partial charge on any atom is 0.417 e. The van der Waals surface area contributed by atoms with Crippen molar-refractivity contribution in [3.05, 3.63) is 35.6 Å². The predicted octanol–water partition coefficient (Wildman–Crippen LogP) is 2.99. The molecule has 3 aromatic heterocycles. The molecule has 0 unspecified atom stereocenters. The molecular formula is C12H10F3N5OS.